The molecule has 0 saturated heterocycles. The van der Waals surface area contributed by atoms with Gasteiger partial charge in [0.1, 0.15) is 11.6 Å². The second-order valence-electron chi connectivity index (χ2n) is 4.30. The van der Waals surface area contributed by atoms with Crippen LogP contribution >= 0.6 is 11.6 Å². The summed E-state index contributed by atoms with van der Waals surface area (Å²) in [6.07, 6.45) is 3.63. The van der Waals surface area contributed by atoms with E-state index < -0.39 is 0 Å². The third-order valence-corrected chi connectivity index (χ3v) is 3.15. The average Bonchev–Trinajstić information content (AvgIpc) is 2.86. The molecule has 2 rings (SSSR count). The fourth-order valence-corrected chi connectivity index (χ4v) is 2.07. The van der Waals surface area contributed by atoms with Crippen LogP contribution in [-0.2, 0) is 12.8 Å². The first kappa shape index (κ1) is 13.1. The molecule has 0 aliphatic rings. The third kappa shape index (κ3) is 3.34. The number of rotatable bonds is 5. The summed E-state index contributed by atoms with van der Waals surface area (Å²) < 4.78 is 18.9. The van der Waals surface area contributed by atoms with Gasteiger partial charge in [0.15, 0.2) is 0 Å². The summed E-state index contributed by atoms with van der Waals surface area (Å²) in [6.45, 7) is 0. The van der Waals surface area contributed by atoms with Crippen molar-refractivity contribution in [3.63, 3.8) is 0 Å². The normalized spacial score (nSPS) is 12.6. The first-order valence-electron chi connectivity index (χ1n) is 5.87. The molecule has 18 heavy (non-hydrogen) atoms. The van der Waals surface area contributed by atoms with Crippen LogP contribution in [0.1, 0.15) is 17.7 Å². The van der Waals surface area contributed by atoms with Crippen molar-refractivity contribution in [2.75, 3.05) is 0 Å². The minimum absolute atomic E-state index is 0.108. The molecule has 0 spiro atoms. The van der Waals surface area contributed by atoms with Gasteiger partial charge in [0.25, 0.3) is 0 Å². The summed E-state index contributed by atoms with van der Waals surface area (Å²) in [5.74, 6) is 0.532. The van der Waals surface area contributed by atoms with Gasteiger partial charge in [0.05, 0.1) is 11.3 Å². The van der Waals surface area contributed by atoms with E-state index in [1.807, 2.05) is 12.1 Å². The van der Waals surface area contributed by atoms with Gasteiger partial charge >= 0.3 is 0 Å². The minimum Gasteiger partial charge on any atom is -0.469 e. The molecule has 0 bridgehead atoms. The molecule has 0 amide bonds. The second kappa shape index (κ2) is 6.03. The monoisotopic (exact) mass is 267 g/mol. The maximum atomic E-state index is 13.7. The SMILES string of the molecule is NC(CCc1ccco1)Cc1cccc(Cl)c1F. The average molecular weight is 268 g/mol. The zero-order valence-electron chi connectivity index (χ0n) is 9.90. The molecule has 1 heterocycles. The van der Waals surface area contributed by atoms with Gasteiger partial charge in [-0.05, 0) is 36.6 Å². The van der Waals surface area contributed by atoms with E-state index in [1.54, 1.807) is 18.4 Å². The van der Waals surface area contributed by atoms with Crippen molar-refractivity contribution >= 4 is 11.6 Å². The Balaban J connectivity index is 1.90. The van der Waals surface area contributed by atoms with Crippen molar-refractivity contribution in [1.82, 2.24) is 0 Å². The fraction of sp³-hybridized carbons (Fsp3) is 0.286. The first-order valence-corrected chi connectivity index (χ1v) is 6.25. The Morgan fingerprint density at radius 3 is 2.83 bits per heavy atom. The van der Waals surface area contributed by atoms with Crippen molar-refractivity contribution in [2.24, 2.45) is 5.73 Å². The maximum absolute atomic E-state index is 13.7. The predicted octanol–water partition coefficient (Wildman–Crippen LogP) is 3.57. The van der Waals surface area contributed by atoms with E-state index in [0.717, 1.165) is 18.6 Å². The smallest absolute Gasteiger partial charge is 0.145 e. The Morgan fingerprint density at radius 1 is 1.28 bits per heavy atom. The molecule has 0 fully saturated rings. The fourth-order valence-electron chi connectivity index (χ4n) is 1.87. The number of furan rings is 1. The molecule has 1 aromatic carbocycles. The van der Waals surface area contributed by atoms with Gasteiger partial charge in [-0.15, -0.1) is 0 Å². The van der Waals surface area contributed by atoms with Crippen LogP contribution in [0, 0.1) is 5.82 Å². The highest BCUT2D eigenvalue weighted by Gasteiger charge is 2.11. The Bertz CT molecular complexity index is 499. The predicted molar refractivity (Wildman–Crippen MR) is 70.1 cm³/mol. The molecular formula is C14H15ClFNO. The molecule has 4 heteroatoms. The lowest BCUT2D eigenvalue weighted by molar-refractivity contribution is 0.481. The van der Waals surface area contributed by atoms with Gasteiger partial charge < -0.3 is 10.2 Å². The highest BCUT2D eigenvalue weighted by atomic mass is 35.5. The summed E-state index contributed by atoms with van der Waals surface area (Å²) in [5, 5.41) is 0.144. The van der Waals surface area contributed by atoms with Gasteiger partial charge in [0.2, 0.25) is 0 Å². The molecular weight excluding hydrogens is 253 g/mol. The van der Waals surface area contributed by atoms with Crippen LogP contribution < -0.4 is 5.73 Å². The number of nitrogens with two attached hydrogens (primary N) is 1. The van der Waals surface area contributed by atoms with E-state index in [4.69, 9.17) is 21.8 Å². The largest absolute Gasteiger partial charge is 0.469 e. The number of aryl methyl sites for hydroxylation is 1. The highest BCUT2D eigenvalue weighted by molar-refractivity contribution is 6.30. The van der Waals surface area contributed by atoms with Crippen LogP contribution in [0.5, 0.6) is 0 Å². The van der Waals surface area contributed by atoms with Gasteiger partial charge in [-0.25, -0.2) is 4.39 Å². The van der Waals surface area contributed by atoms with E-state index in [0.29, 0.717) is 12.0 Å². The summed E-state index contributed by atoms with van der Waals surface area (Å²) in [6, 6.07) is 8.63. The van der Waals surface area contributed by atoms with Crippen molar-refractivity contribution in [2.45, 2.75) is 25.3 Å². The summed E-state index contributed by atoms with van der Waals surface area (Å²) >= 11 is 5.72. The second-order valence-corrected chi connectivity index (χ2v) is 4.70. The maximum Gasteiger partial charge on any atom is 0.145 e. The molecule has 1 atom stereocenters. The lowest BCUT2D eigenvalue weighted by Crippen LogP contribution is -2.24. The molecule has 0 aliphatic heterocycles. The zero-order valence-corrected chi connectivity index (χ0v) is 10.7. The van der Waals surface area contributed by atoms with Gasteiger partial charge in [-0.1, -0.05) is 23.7 Å². The Labute approximate surface area is 111 Å². The van der Waals surface area contributed by atoms with Crippen molar-refractivity contribution in [1.29, 1.82) is 0 Å². The number of benzene rings is 1. The standard InChI is InChI=1S/C14H15ClFNO/c15-13-5-1-3-10(14(13)16)9-11(17)6-7-12-4-2-8-18-12/h1-5,8,11H,6-7,9,17H2. The lowest BCUT2D eigenvalue weighted by atomic mass is 10.0. The van der Waals surface area contributed by atoms with Crippen LogP contribution in [0.4, 0.5) is 4.39 Å². The van der Waals surface area contributed by atoms with E-state index in [-0.39, 0.29) is 16.9 Å². The van der Waals surface area contributed by atoms with Crippen LogP contribution in [0.3, 0.4) is 0 Å². The van der Waals surface area contributed by atoms with E-state index in [2.05, 4.69) is 0 Å². The van der Waals surface area contributed by atoms with E-state index >= 15 is 0 Å². The Morgan fingerprint density at radius 2 is 2.11 bits per heavy atom. The number of halogens is 2. The molecule has 2 aromatic rings. The zero-order chi connectivity index (χ0) is 13.0. The number of hydrogen-bond donors (Lipinski definition) is 1. The quantitative estimate of drug-likeness (QED) is 0.899. The molecule has 0 radical (unpaired) electrons. The van der Waals surface area contributed by atoms with Crippen LogP contribution in [0.15, 0.2) is 41.0 Å². The molecule has 1 unspecified atom stereocenters. The topological polar surface area (TPSA) is 39.2 Å². The Kier molecular flexibility index (Phi) is 4.39. The molecule has 1 aromatic heterocycles. The summed E-state index contributed by atoms with van der Waals surface area (Å²) in [4.78, 5) is 0. The summed E-state index contributed by atoms with van der Waals surface area (Å²) in [5.41, 5.74) is 6.55. The summed E-state index contributed by atoms with van der Waals surface area (Å²) in [7, 11) is 0. The van der Waals surface area contributed by atoms with Gasteiger partial charge in [-0.3, -0.25) is 0 Å². The molecule has 96 valence electrons. The van der Waals surface area contributed by atoms with E-state index in [1.165, 1.54) is 6.07 Å². The van der Waals surface area contributed by atoms with Crippen LogP contribution in [-0.4, -0.2) is 6.04 Å². The van der Waals surface area contributed by atoms with Crippen molar-refractivity contribution < 1.29 is 8.81 Å². The molecule has 2 N–H and O–H groups in total. The van der Waals surface area contributed by atoms with Crippen molar-refractivity contribution in [3.05, 3.63) is 58.8 Å². The molecule has 0 aliphatic carbocycles. The molecule has 0 saturated carbocycles. The van der Waals surface area contributed by atoms with Crippen LogP contribution in [0.2, 0.25) is 5.02 Å². The number of hydrogen-bond acceptors (Lipinski definition) is 2. The van der Waals surface area contributed by atoms with Gasteiger partial charge in [0, 0.05) is 12.5 Å². The Hall–Kier alpha value is -1.32. The van der Waals surface area contributed by atoms with Gasteiger partial charge in [-0.2, -0.15) is 0 Å². The molecule has 2 nitrogen and oxygen atoms in total. The lowest BCUT2D eigenvalue weighted by Gasteiger charge is -2.11. The van der Waals surface area contributed by atoms with Crippen LogP contribution in [0.25, 0.3) is 0 Å². The van der Waals surface area contributed by atoms with E-state index in [9.17, 15) is 4.39 Å². The first-order chi connectivity index (χ1) is 8.66. The minimum atomic E-state index is -0.368. The van der Waals surface area contributed by atoms with Crippen molar-refractivity contribution in [3.8, 4) is 0 Å². The third-order valence-electron chi connectivity index (χ3n) is 2.86. The highest BCUT2D eigenvalue weighted by Crippen LogP contribution is 2.19.